The molecule has 84 valence electrons. The number of rotatable bonds is 3. The van der Waals surface area contributed by atoms with Gasteiger partial charge in [0.05, 0.1) is 11.4 Å². The maximum atomic E-state index is 11.7. The molecule has 1 atom stereocenters. The van der Waals surface area contributed by atoms with E-state index in [0.717, 1.165) is 15.8 Å². The van der Waals surface area contributed by atoms with Crippen LogP contribution >= 0.6 is 11.5 Å². The largest absolute Gasteiger partial charge is 0.299 e. The van der Waals surface area contributed by atoms with Gasteiger partial charge in [-0.3, -0.25) is 4.79 Å². The van der Waals surface area contributed by atoms with Crippen LogP contribution in [0.3, 0.4) is 0 Å². The number of fused-ring (bicyclic) bond motifs is 1. The van der Waals surface area contributed by atoms with E-state index in [0.29, 0.717) is 5.92 Å². The zero-order valence-electron chi connectivity index (χ0n) is 9.73. The summed E-state index contributed by atoms with van der Waals surface area (Å²) in [7, 11) is 0. The molecule has 0 saturated carbocycles. The van der Waals surface area contributed by atoms with E-state index in [-0.39, 0.29) is 11.7 Å². The van der Waals surface area contributed by atoms with Crippen LogP contribution in [0.5, 0.6) is 0 Å². The van der Waals surface area contributed by atoms with Crippen LogP contribution in [0.1, 0.15) is 31.6 Å². The Bertz CT molecular complexity index is 515. The zero-order valence-corrected chi connectivity index (χ0v) is 10.5. The third-order valence-electron chi connectivity index (χ3n) is 2.80. The van der Waals surface area contributed by atoms with Crippen LogP contribution in [0.2, 0.25) is 0 Å². The summed E-state index contributed by atoms with van der Waals surface area (Å²) < 4.78 is 4.39. The van der Waals surface area contributed by atoms with E-state index in [1.54, 1.807) is 6.92 Å². The molecule has 0 amide bonds. The first-order chi connectivity index (χ1) is 7.61. The van der Waals surface area contributed by atoms with Crippen LogP contribution in [0.15, 0.2) is 24.3 Å². The number of ketones is 1. The van der Waals surface area contributed by atoms with Gasteiger partial charge in [0.25, 0.3) is 0 Å². The molecule has 0 aliphatic carbocycles. The molecule has 0 N–H and O–H groups in total. The molecule has 0 aliphatic heterocycles. The van der Waals surface area contributed by atoms with Crippen molar-refractivity contribution >= 4 is 28.2 Å². The normalized spacial score (nSPS) is 13.2. The number of carbonyl (C=O) groups is 1. The maximum absolute atomic E-state index is 11.7. The van der Waals surface area contributed by atoms with Crippen LogP contribution in [-0.4, -0.2) is 10.2 Å². The lowest BCUT2D eigenvalue weighted by atomic mass is 9.89. The van der Waals surface area contributed by atoms with E-state index in [9.17, 15) is 4.79 Å². The minimum absolute atomic E-state index is 0.0163. The topological polar surface area (TPSA) is 30.0 Å². The first-order valence-corrected chi connectivity index (χ1v) is 6.23. The minimum Gasteiger partial charge on any atom is -0.299 e. The molecule has 2 nitrogen and oxygen atoms in total. The molecule has 1 heterocycles. The Hall–Kier alpha value is -1.22. The number of Topliss-reactive ketones (excluding diaryl/α,β-unsaturated/α-hetero) is 1. The van der Waals surface area contributed by atoms with E-state index < -0.39 is 0 Å². The number of aromatic nitrogens is 1. The van der Waals surface area contributed by atoms with Crippen molar-refractivity contribution in [3.05, 3.63) is 29.1 Å². The Labute approximate surface area is 99.5 Å². The Morgan fingerprint density at radius 2 is 2.00 bits per heavy atom. The predicted octanol–water partition coefficient (Wildman–Crippen LogP) is 3.62. The van der Waals surface area contributed by atoms with Crippen molar-refractivity contribution in [2.24, 2.45) is 5.92 Å². The quantitative estimate of drug-likeness (QED) is 0.810. The lowest BCUT2D eigenvalue weighted by Crippen LogP contribution is -2.14. The molecule has 0 spiro atoms. The van der Waals surface area contributed by atoms with E-state index in [4.69, 9.17) is 0 Å². The SMILES string of the molecule is CC(=O)C(c1snc2ccccc12)C(C)C. The van der Waals surface area contributed by atoms with Crippen LogP contribution in [-0.2, 0) is 4.79 Å². The summed E-state index contributed by atoms with van der Waals surface area (Å²) in [6.45, 7) is 5.83. The number of hydrogen-bond acceptors (Lipinski definition) is 3. The van der Waals surface area contributed by atoms with Crippen molar-refractivity contribution in [3.63, 3.8) is 0 Å². The average Bonchev–Trinajstić information content (AvgIpc) is 2.61. The molecule has 3 heteroatoms. The van der Waals surface area contributed by atoms with Gasteiger partial charge in [0.15, 0.2) is 0 Å². The highest BCUT2D eigenvalue weighted by Crippen LogP contribution is 2.34. The zero-order chi connectivity index (χ0) is 11.7. The second kappa shape index (κ2) is 4.34. The molecule has 1 aromatic carbocycles. The van der Waals surface area contributed by atoms with Crippen LogP contribution < -0.4 is 0 Å². The van der Waals surface area contributed by atoms with Gasteiger partial charge in [-0.25, -0.2) is 0 Å². The smallest absolute Gasteiger partial charge is 0.138 e. The first-order valence-electron chi connectivity index (χ1n) is 5.46. The molecule has 0 aliphatic rings. The van der Waals surface area contributed by atoms with Gasteiger partial charge < -0.3 is 0 Å². The average molecular weight is 233 g/mol. The van der Waals surface area contributed by atoms with Gasteiger partial charge in [-0.05, 0) is 30.4 Å². The minimum atomic E-state index is -0.0163. The van der Waals surface area contributed by atoms with Crippen molar-refractivity contribution in [2.45, 2.75) is 26.7 Å². The fourth-order valence-electron chi connectivity index (χ4n) is 2.09. The fourth-order valence-corrected chi connectivity index (χ4v) is 3.27. The summed E-state index contributed by atoms with van der Waals surface area (Å²) in [4.78, 5) is 12.8. The molecule has 2 rings (SSSR count). The Morgan fingerprint density at radius 1 is 1.31 bits per heavy atom. The number of nitrogens with zero attached hydrogens (tertiary/aromatic N) is 1. The highest BCUT2D eigenvalue weighted by Gasteiger charge is 2.24. The van der Waals surface area contributed by atoms with Crippen molar-refractivity contribution < 1.29 is 4.79 Å². The molecule has 0 fully saturated rings. The molecular weight excluding hydrogens is 218 g/mol. The highest BCUT2D eigenvalue weighted by molar-refractivity contribution is 7.07. The number of carbonyl (C=O) groups excluding carboxylic acids is 1. The van der Waals surface area contributed by atoms with Crippen LogP contribution in [0.25, 0.3) is 10.9 Å². The Kier molecular flexibility index (Phi) is 3.06. The summed E-state index contributed by atoms with van der Waals surface area (Å²) in [5, 5.41) is 1.13. The molecule has 1 aromatic heterocycles. The highest BCUT2D eigenvalue weighted by atomic mass is 32.1. The molecule has 0 radical (unpaired) electrons. The van der Waals surface area contributed by atoms with Gasteiger partial charge in [0.1, 0.15) is 5.78 Å². The van der Waals surface area contributed by atoms with Crippen LogP contribution in [0.4, 0.5) is 0 Å². The molecule has 0 saturated heterocycles. The van der Waals surface area contributed by atoms with E-state index >= 15 is 0 Å². The molecule has 0 bridgehead atoms. The predicted molar refractivity (Wildman–Crippen MR) is 67.9 cm³/mol. The summed E-state index contributed by atoms with van der Waals surface area (Å²) in [6.07, 6.45) is 0. The summed E-state index contributed by atoms with van der Waals surface area (Å²) in [5.74, 6) is 0.531. The lowest BCUT2D eigenvalue weighted by Gasteiger charge is -2.15. The van der Waals surface area contributed by atoms with Gasteiger partial charge in [0, 0.05) is 10.3 Å². The Morgan fingerprint density at radius 3 is 2.62 bits per heavy atom. The van der Waals surface area contributed by atoms with E-state index in [2.05, 4.69) is 18.2 Å². The van der Waals surface area contributed by atoms with Gasteiger partial charge in [-0.1, -0.05) is 32.0 Å². The van der Waals surface area contributed by atoms with Gasteiger partial charge >= 0.3 is 0 Å². The number of hydrogen-bond donors (Lipinski definition) is 0. The first kappa shape index (κ1) is 11.3. The molecule has 2 aromatic rings. The lowest BCUT2D eigenvalue weighted by molar-refractivity contribution is -0.119. The fraction of sp³-hybridized carbons (Fsp3) is 0.385. The summed E-state index contributed by atoms with van der Waals surface area (Å²) in [5.41, 5.74) is 0.995. The second-order valence-corrected chi connectivity index (χ2v) is 5.20. The molecule has 16 heavy (non-hydrogen) atoms. The van der Waals surface area contributed by atoms with Crippen LogP contribution in [0, 0.1) is 5.92 Å². The van der Waals surface area contributed by atoms with Gasteiger partial charge in [-0.2, -0.15) is 4.37 Å². The molecule has 1 unspecified atom stereocenters. The van der Waals surface area contributed by atoms with Crippen molar-refractivity contribution in [3.8, 4) is 0 Å². The van der Waals surface area contributed by atoms with Crippen molar-refractivity contribution in [1.82, 2.24) is 4.37 Å². The maximum Gasteiger partial charge on any atom is 0.138 e. The third-order valence-corrected chi connectivity index (χ3v) is 3.76. The second-order valence-electron chi connectivity index (χ2n) is 4.40. The standard InChI is InChI=1S/C13H15NOS/c1-8(2)12(9(3)15)13-10-6-4-5-7-11(10)14-16-13/h4-8,12H,1-3H3. The van der Waals surface area contributed by atoms with Gasteiger partial charge in [0.2, 0.25) is 0 Å². The monoisotopic (exact) mass is 233 g/mol. The van der Waals surface area contributed by atoms with Crippen molar-refractivity contribution in [2.75, 3.05) is 0 Å². The van der Waals surface area contributed by atoms with Gasteiger partial charge in [-0.15, -0.1) is 0 Å². The number of benzene rings is 1. The van der Waals surface area contributed by atoms with E-state index in [1.165, 1.54) is 11.5 Å². The Balaban J connectivity index is 2.57. The summed E-state index contributed by atoms with van der Waals surface area (Å²) in [6, 6.07) is 8.01. The van der Waals surface area contributed by atoms with Crippen molar-refractivity contribution in [1.29, 1.82) is 0 Å². The molecular formula is C13H15NOS. The third kappa shape index (κ3) is 1.87. The van der Waals surface area contributed by atoms with E-state index in [1.807, 2.05) is 24.3 Å². The summed E-state index contributed by atoms with van der Waals surface area (Å²) >= 11 is 1.46.